The number of hydrogen-bond acceptors (Lipinski definition) is 7. The number of likely N-dealkylation sites (N-methyl/N-ethyl adjacent to an activating group) is 1. The largest absolute Gasteiger partial charge is 0.493 e. The first-order valence-corrected chi connectivity index (χ1v) is 12.9. The maximum Gasteiger partial charge on any atom is 0.242 e. The van der Waals surface area contributed by atoms with Crippen molar-refractivity contribution in [3.05, 3.63) is 53.6 Å². The summed E-state index contributed by atoms with van der Waals surface area (Å²) in [5.74, 6) is 0.395. The van der Waals surface area contributed by atoms with Crippen molar-refractivity contribution in [2.24, 2.45) is 0 Å². The molecular weight excluding hydrogens is 470 g/mol. The van der Waals surface area contributed by atoms with Gasteiger partial charge in [-0.15, -0.1) is 0 Å². The Balaban J connectivity index is 1.89. The van der Waals surface area contributed by atoms with E-state index in [9.17, 15) is 18.3 Å². The summed E-state index contributed by atoms with van der Waals surface area (Å²) in [5.41, 5.74) is 1.39. The molecule has 0 bridgehead atoms. The van der Waals surface area contributed by atoms with E-state index in [1.165, 1.54) is 34.4 Å². The third-order valence-corrected chi connectivity index (χ3v) is 8.26. The van der Waals surface area contributed by atoms with Crippen molar-refractivity contribution in [2.75, 3.05) is 55.0 Å². The molecule has 10 heteroatoms. The first kappa shape index (κ1) is 26.9. The molecule has 1 N–H and O–H groups in total. The first-order valence-electron chi connectivity index (χ1n) is 11.5. The van der Waals surface area contributed by atoms with Crippen LogP contribution in [0.3, 0.4) is 0 Å². The third-order valence-electron chi connectivity index (χ3n) is 6.36. The molecule has 192 valence electrons. The van der Waals surface area contributed by atoms with Crippen LogP contribution < -0.4 is 9.47 Å². The number of amides is 1. The molecule has 0 radical (unpaired) electrons. The normalized spacial score (nSPS) is 17.4. The Kier molecular flexibility index (Phi) is 8.76. The topological polar surface area (TPSA) is 99.6 Å². The van der Waals surface area contributed by atoms with E-state index in [0.29, 0.717) is 30.8 Å². The molecule has 0 spiro atoms. The highest BCUT2D eigenvalue weighted by Gasteiger charge is 2.31. The number of carbonyl (C=O) groups excluding carboxylic acids is 1. The van der Waals surface area contributed by atoms with Crippen LogP contribution in [0.15, 0.2) is 47.4 Å². The van der Waals surface area contributed by atoms with E-state index in [1.807, 2.05) is 30.3 Å². The van der Waals surface area contributed by atoms with Gasteiger partial charge in [0.2, 0.25) is 15.9 Å². The van der Waals surface area contributed by atoms with Crippen LogP contribution in [0, 0.1) is 0 Å². The average molecular weight is 506 g/mol. The van der Waals surface area contributed by atoms with Crippen LogP contribution in [0.25, 0.3) is 0 Å². The summed E-state index contributed by atoms with van der Waals surface area (Å²) in [4.78, 5) is 17.1. The molecule has 2 aromatic carbocycles. The van der Waals surface area contributed by atoms with Crippen LogP contribution in [0.4, 0.5) is 0 Å². The summed E-state index contributed by atoms with van der Waals surface area (Å²) in [5, 5.41) is 10.1. The molecule has 1 aliphatic rings. The molecule has 9 nitrogen and oxygen atoms in total. The number of carbonyl (C=O) groups is 1. The zero-order valence-electron chi connectivity index (χ0n) is 21.0. The van der Waals surface area contributed by atoms with Gasteiger partial charge in [-0.3, -0.25) is 9.69 Å². The van der Waals surface area contributed by atoms with Crippen LogP contribution in [0.2, 0.25) is 0 Å². The highest BCUT2D eigenvalue weighted by molar-refractivity contribution is 7.89. The zero-order valence-corrected chi connectivity index (χ0v) is 21.8. The molecule has 1 aliphatic heterocycles. The van der Waals surface area contributed by atoms with E-state index in [-0.39, 0.29) is 35.1 Å². The smallest absolute Gasteiger partial charge is 0.242 e. The van der Waals surface area contributed by atoms with Crippen molar-refractivity contribution in [3.8, 4) is 11.5 Å². The van der Waals surface area contributed by atoms with E-state index in [2.05, 4.69) is 4.90 Å². The van der Waals surface area contributed by atoms with Gasteiger partial charge in [0.15, 0.2) is 11.5 Å². The SMILES string of the molecule is COc1cc(CC(=O)N(C)C[C@@H](c2ccccc2)N2CC[C@H](O)C2)c(S(=O)(=O)N(C)C)cc1OC. The van der Waals surface area contributed by atoms with Crippen molar-refractivity contribution in [1.82, 2.24) is 14.1 Å². The number of ether oxygens (including phenoxy) is 2. The van der Waals surface area contributed by atoms with Crippen LogP contribution >= 0.6 is 0 Å². The second-order valence-corrected chi connectivity index (χ2v) is 11.0. The maximum atomic E-state index is 13.3. The Morgan fingerprint density at radius 2 is 1.74 bits per heavy atom. The third kappa shape index (κ3) is 6.13. The summed E-state index contributed by atoms with van der Waals surface area (Å²) in [7, 11) is 3.66. The number of likely N-dealkylation sites (tertiary alicyclic amines) is 1. The lowest BCUT2D eigenvalue weighted by Gasteiger charge is -2.32. The molecule has 1 saturated heterocycles. The molecular formula is C25H35N3O6S. The van der Waals surface area contributed by atoms with Gasteiger partial charge in [0.05, 0.1) is 37.7 Å². The molecule has 1 fully saturated rings. The van der Waals surface area contributed by atoms with Gasteiger partial charge >= 0.3 is 0 Å². The number of β-amino-alcohol motifs (C(OH)–C–C–N with tert-alkyl or cyclic N) is 1. The van der Waals surface area contributed by atoms with Gasteiger partial charge in [-0.05, 0) is 23.6 Å². The molecule has 2 atom stereocenters. The summed E-state index contributed by atoms with van der Waals surface area (Å²) in [6.45, 7) is 1.69. The summed E-state index contributed by atoms with van der Waals surface area (Å²) < 4.78 is 37.8. The van der Waals surface area contributed by atoms with Gasteiger partial charge < -0.3 is 19.5 Å². The molecule has 2 aromatic rings. The van der Waals surface area contributed by atoms with E-state index >= 15 is 0 Å². The molecule has 0 unspecified atom stereocenters. The van der Waals surface area contributed by atoms with Crippen molar-refractivity contribution in [2.45, 2.75) is 29.9 Å². The van der Waals surface area contributed by atoms with Crippen molar-refractivity contribution in [3.63, 3.8) is 0 Å². The zero-order chi connectivity index (χ0) is 25.8. The molecule has 1 amide bonds. The number of methoxy groups -OCH3 is 2. The predicted octanol–water partition coefficient (Wildman–Crippen LogP) is 1.76. The second kappa shape index (κ2) is 11.4. The van der Waals surface area contributed by atoms with Gasteiger partial charge in [0.25, 0.3) is 0 Å². The number of hydrogen-bond donors (Lipinski definition) is 1. The molecule has 1 heterocycles. The van der Waals surface area contributed by atoms with Crippen molar-refractivity contribution >= 4 is 15.9 Å². The van der Waals surface area contributed by atoms with E-state index in [0.717, 1.165) is 16.4 Å². The Bertz CT molecular complexity index is 1120. The quantitative estimate of drug-likeness (QED) is 0.525. The van der Waals surface area contributed by atoms with Crippen molar-refractivity contribution in [1.29, 1.82) is 0 Å². The fraction of sp³-hybridized carbons (Fsp3) is 0.480. The van der Waals surface area contributed by atoms with E-state index in [1.54, 1.807) is 18.0 Å². The number of aliphatic hydroxyl groups excluding tert-OH is 1. The van der Waals surface area contributed by atoms with Crippen LogP contribution in [-0.2, 0) is 21.2 Å². The monoisotopic (exact) mass is 505 g/mol. The highest BCUT2D eigenvalue weighted by Crippen LogP contribution is 2.34. The number of rotatable bonds is 10. The van der Waals surface area contributed by atoms with Gasteiger partial charge in [-0.25, -0.2) is 12.7 Å². The lowest BCUT2D eigenvalue weighted by atomic mass is 10.0. The minimum absolute atomic E-state index is 0.00387. The van der Waals surface area contributed by atoms with Crippen LogP contribution in [-0.4, -0.2) is 94.6 Å². The average Bonchev–Trinajstić information content (AvgIpc) is 3.28. The summed E-state index contributed by atoms with van der Waals surface area (Å²) >= 11 is 0. The second-order valence-electron chi connectivity index (χ2n) is 8.92. The van der Waals surface area contributed by atoms with Gasteiger partial charge in [-0.1, -0.05) is 30.3 Å². The first-order chi connectivity index (χ1) is 16.6. The lowest BCUT2D eigenvalue weighted by Crippen LogP contribution is -2.39. The van der Waals surface area contributed by atoms with Gasteiger partial charge in [-0.2, -0.15) is 0 Å². The Hall–Kier alpha value is -2.66. The number of nitrogens with zero attached hydrogens (tertiary/aromatic N) is 3. The standard InChI is InChI=1S/C25H35N3O6S/c1-26(2)35(31,32)24-15-23(34-5)22(33-4)13-19(24)14-25(30)27(3)17-21(18-9-7-6-8-10-18)28-12-11-20(29)16-28/h6-10,13,15,20-21,29H,11-12,14,16-17H2,1-5H3/t20-,21-/m0/s1. The Morgan fingerprint density at radius 1 is 1.11 bits per heavy atom. The summed E-state index contributed by atoms with van der Waals surface area (Å²) in [6.07, 6.45) is 0.190. The Morgan fingerprint density at radius 3 is 2.29 bits per heavy atom. The molecule has 0 aromatic heterocycles. The number of sulfonamides is 1. The summed E-state index contributed by atoms with van der Waals surface area (Å²) in [6, 6.07) is 12.8. The van der Waals surface area contributed by atoms with Crippen LogP contribution in [0.1, 0.15) is 23.6 Å². The predicted molar refractivity (Wildman–Crippen MR) is 133 cm³/mol. The van der Waals surface area contributed by atoms with Crippen LogP contribution in [0.5, 0.6) is 11.5 Å². The molecule has 35 heavy (non-hydrogen) atoms. The molecule has 0 aliphatic carbocycles. The minimum Gasteiger partial charge on any atom is -0.493 e. The number of benzene rings is 2. The van der Waals surface area contributed by atoms with E-state index < -0.39 is 10.0 Å². The van der Waals surface area contributed by atoms with Gasteiger partial charge in [0, 0.05) is 46.8 Å². The fourth-order valence-corrected chi connectivity index (χ4v) is 5.41. The molecule has 3 rings (SSSR count). The highest BCUT2D eigenvalue weighted by atomic mass is 32.2. The Labute approximate surface area is 207 Å². The fourth-order valence-electron chi connectivity index (χ4n) is 4.29. The molecule has 0 saturated carbocycles. The maximum absolute atomic E-state index is 13.3. The number of aliphatic hydroxyl groups is 1. The van der Waals surface area contributed by atoms with E-state index in [4.69, 9.17) is 9.47 Å². The lowest BCUT2D eigenvalue weighted by molar-refractivity contribution is -0.130. The van der Waals surface area contributed by atoms with Crippen molar-refractivity contribution < 1.29 is 27.8 Å². The van der Waals surface area contributed by atoms with Gasteiger partial charge in [0.1, 0.15) is 0 Å². The minimum atomic E-state index is -3.83.